The van der Waals surface area contributed by atoms with Crippen molar-refractivity contribution >= 4 is 29.2 Å². The van der Waals surface area contributed by atoms with Crippen LogP contribution in [-0.4, -0.2) is 23.8 Å². The molecular formula is C10H8Cl2F3NO2. The Kier molecular flexibility index (Phi) is 4.84. The lowest BCUT2D eigenvalue weighted by Gasteiger charge is -2.16. The lowest BCUT2D eigenvalue weighted by Crippen LogP contribution is -2.36. The van der Waals surface area contributed by atoms with Gasteiger partial charge in [0.25, 0.3) is 0 Å². The number of nitrogens with one attached hydrogen (secondary N) is 1. The molecule has 1 aromatic rings. The number of benzene rings is 1. The number of carbonyl (C=O) groups is 1. The molecule has 0 amide bonds. The van der Waals surface area contributed by atoms with Crippen LogP contribution in [0.5, 0.6) is 0 Å². The van der Waals surface area contributed by atoms with E-state index >= 15 is 0 Å². The molecule has 0 saturated heterocycles. The van der Waals surface area contributed by atoms with Gasteiger partial charge in [-0.05, 0) is 23.8 Å². The third kappa shape index (κ3) is 4.72. The standard InChI is InChI=1S/C10H8Cl2F3NO2/c11-6-1-5(2-7(12)3-6)8(9(17)18)16-4-10(13,14)15/h1-3,8,16H,4H2,(H,17,18)/t8-/m0/s1. The molecule has 0 unspecified atom stereocenters. The highest BCUT2D eigenvalue weighted by Gasteiger charge is 2.30. The monoisotopic (exact) mass is 301 g/mol. The summed E-state index contributed by atoms with van der Waals surface area (Å²) in [6.07, 6.45) is -4.50. The fraction of sp³-hybridized carbons (Fsp3) is 0.300. The van der Waals surface area contributed by atoms with Gasteiger partial charge in [-0.15, -0.1) is 0 Å². The van der Waals surface area contributed by atoms with Crippen LogP contribution < -0.4 is 5.32 Å². The van der Waals surface area contributed by atoms with Crippen LogP contribution in [0, 0.1) is 0 Å². The molecule has 0 radical (unpaired) electrons. The normalized spacial score (nSPS) is 13.4. The molecule has 8 heteroatoms. The summed E-state index contributed by atoms with van der Waals surface area (Å²) in [6.45, 7) is -1.42. The van der Waals surface area contributed by atoms with Gasteiger partial charge in [0.1, 0.15) is 6.04 Å². The third-order valence-electron chi connectivity index (χ3n) is 1.97. The van der Waals surface area contributed by atoms with E-state index in [2.05, 4.69) is 0 Å². The van der Waals surface area contributed by atoms with Crippen LogP contribution in [0.25, 0.3) is 0 Å². The topological polar surface area (TPSA) is 49.3 Å². The molecule has 18 heavy (non-hydrogen) atoms. The summed E-state index contributed by atoms with van der Waals surface area (Å²) in [6, 6.07) is 2.32. The Labute approximate surface area is 110 Å². The molecule has 3 nitrogen and oxygen atoms in total. The molecule has 0 aliphatic carbocycles. The zero-order valence-electron chi connectivity index (χ0n) is 8.76. The van der Waals surface area contributed by atoms with Crippen molar-refractivity contribution in [1.82, 2.24) is 5.32 Å². The highest BCUT2D eigenvalue weighted by Crippen LogP contribution is 2.24. The average Bonchev–Trinajstić information content (AvgIpc) is 2.13. The van der Waals surface area contributed by atoms with E-state index in [0.29, 0.717) is 0 Å². The number of rotatable bonds is 4. The minimum Gasteiger partial charge on any atom is -0.480 e. The Bertz CT molecular complexity index is 431. The second kappa shape index (κ2) is 5.77. The Hall–Kier alpha value is -0.980. The summed E-state index contributed by atoms with van der Waals surface area (Å²) in [5, 5.41) is 11.1. The Morgan fingerprint density at radius 1 is 1.28 bits per heavy atom. The zero-order chi connectivity index (χ0) is 13.9. The quantitative estimate of drug-likeness (QED) is 0.897. The summed E-state index contributed by atoms with van der Waals surface area (Å²) >= 11 is 11.3. The van der Waals surface area contributed by atoms with Crippen molar-refractivity contribution in [3.63, 3.8) is 0 Å². The number of carboxylic acid groups (broad SMARTS) is 1. The van der Waals surface area contributed by atoms with E-state index in [1.165, 1.54) is 18.2 Å². The third-order valence-corrected chi connectivity index (χ3v) is 2.41. The molecule has 1 aromatic carbocycles. The average molecular weight is 302 g/mol. The fourth-order valence-electron chi connectivity index (χ4n) is 1.31. The first-order valence-electron chi connectivity index (χ1n) is 4.68. The lowest BCUT2D eigenvalue weighted by molar-refractivity contribution is -0.143. The number of halogens is 5. The van der Waals surface area contributed by atoms with Crippen molar-refractivity contribution < 1.29 is 23.1 Å². The SMILES string of the molecule is O=C(O)[C@@H](NCC(F)(F)F)c1cc(Cl)cc(Cl)c1. The fourth-order valence-corrected chi connectivity index (χ4v) is 1.85. The Balaban J connectivity index is 2.94. The minimum absolute atomic E-state index is 0.0595. The number of carboxylic acids is 1. The zero-order valence-corrected chi connectivity index (χ0v) is 10.3. The van der Waals surface area contributed by atoms with Gasteiger partial charge in [-0.2, -0.15) is 13.2 Å². The molecule has 0 aliphatic rings. The summed E-state index contributed by atoms with van der Waals surface area (Å²) in [5.74, 6) is -1.45. The molecule has 0 bridgehead atoms. The first kappa shape index (κ1) is 15.1. The van der Waals surface area contributed by atoms with Crippen molar-refractivity contribution in [2.75, 3.05) is 6.54 Å². The second-order valence-electron chi connectivity index (χ2n) is 3.47. The van der Waals surface area contributed by atoms with Gasteiger partial charge < -0.3 is 5.11 Å². The van der Waals surface area contributed by atoms with Crippen LogP contribution in [0.1, 0.15) is 11.6 Å². The molecule has 0 aliphatic heterocycles. The number of aliphatic carboxylic acids is 1. The Morgan fingerprint density at radius 3 is 2.17 bits per heavy atom. The van der Waals surface area contributed by atoms with E-state index < -0.39 is 24.7 Å². The van der Waals surface area contributed by atoms with E-state index in [-0.39, 0.29) is 15.6 Å². The molecule has 0 aromatic heterocycles. The maximum Gasteiger partial charge on any atom is 0.401 e. The Morgan fingerprint density at radius 2 is 1.78 bits per heavy atom. The van der Waals surface area contributed by atoms with E-state index in [1.54, 1.807) is 0 Å². The van der Waals surface area contributed by atoms with Crippen molar-refractivity contribution in [3.8, 4) is 0 Å². The van der Waals surface area contributed by atoms with Gasteiger partial charge in [0.05, 0.1) is 6.54 Å². The molecule has 1 atom stereocenters. The van der Waals surface area contributed by atoms with Gasteiger partial charge in [-0.3, -0.25) is 10.1 Å². The summed E-state index contributed by atoms with van der Waals surface area (Å²) in [5.41, 5.74) is 0.0595. The van der Waals surface area contributed by atoms with E-state index in [9.17, 15) is 18.0 Å². The highest BCUT2D eigenvalue weighted by atomic mass is 35.5. The molecule has 0 heterocycles. The van der Waals surface area contributed by atoms with Crippen LogP contribution in [-0.2, 0) is 4.79 Å². The molecule has 2 N–H and O–H groups in total. The molecule has 1 rings (SSSR count). The van der Waals surface area contributed by atoms with Gasteiger partial charge >= 0.3 is 12.1 Å². The van der Waals surface area contributed by atoms with Crippen molar-refractivity contribution in [2.45, 2.75) is 12.2 Å². The van der Waals surface area contributed by atoms with Gasteiger partial charge in [0, 0.05) is 10.0 Å². The number of alkyl halides is 3. The van der Waals surface area contributed by atoms with E-state index in [1.807, 2.05) is 5.32 Å². The second-order valence-corrected chi connectivity index (χ2v) is 4.34. The molecule has 0 fully saturated rings. The van der Waals surface area contributed by atoms with Crippen LogP contribution in [0.3, 0.4) is 0 Å². The van der Waals surface area contributed by atoms with Gasteiger partial charge in [0.2, 0.25) is 0 Å². The first-order chi connectivity index (χ1) is 8.19. The van der Waals surface area contributed by atoms with E-state index in [4.69, 9.17) is 28.3 Å². The summed E-state index contributed by atoms with van der Waals surface area (Å²) in [7, 11) is 0. The largest absolute Gasteiger partial charge is 0.480 e. The van der Waals surface area contributed by atoms with E-state index in [0.717, 1.165) is 0 Å². The number of hydrogen-bond acceptors (Lipinski definition) is 2. The first-order valence-corrected chi connectivity index (χ1v) is 5.43. The minimum atomic E-state index is -4.50. The van der Waals surface area contributed by atoms with Crippen LogP contribution in [0.4, 0.5) is 13.2 Å². The van der Waals surface area contributed by atoms with Crippen molar-refractivity contribution in [2.24, 2.45) is 0 Å². The predicted molar refractivity (Wildman–Crippen MR) is 60.9 cm³/mol. The van der Waals surface area contributed by atoms with Crippen molar-refractivity contribution in [1.29, 1.82) is 0 Å². The van der Waals surface area contributed by atoms with Gasteiger partial charge in [-0.25, -0.2) is 0 Å². The maximum atomic E-state index is 12.0. The maximum absolute atomic E-state index is 12.0. The molecule has 0 saturated carbocycles. The molecule has 100 valence electrons. The highest BCUT2D eigenvalue weighted by molar-refractivity contribution is 6.34. The molecule has 0 spiro atoms. The van der Waals surface area contributed by atoms with Crippen LogP contribution >= 0.6 is 23.2 Å². The molecular weight excluding hydrogens is 294 g/mol. The lowest BCUT2D eigenvalue weighted by atomic mass is 10.1. The van der Waals surface area contributed by atoms with Crippen LogP contribution in [0.2, 0.25) is 10.0 Å². The van der Waals surface area contributed by atoms with Crippen molar-refractivity contribution in [3.05, 3.63) is 33.8 Å². The predicted octanol–water partition coefficient (Wildman–Crippen LogP) is 3.27. The smallest absolute Gasteiger partial charge is 0.401 e. The van der Waals surface area contributed by atoms with Crippen LogP contribution in [0.15, 0.2) is 18.2 Å². The van der Waals surface area contributed by atoms with Gasteiger partial charge in [-0.1, -0.05) is 23.2 Å². The number of hydrogen-bond donors (Lipinski definition) is 2. The summed E-state index contributed by atoms with van der Waals surface area (Å²) in [4.78, 5) is 10.9. The van der Waals surface area contributed by atoms with Gasteiger partial charge in [0.15, 0.2) is 0 Å². The summed E-state index contributed by atoms with van der Waals surface area (Å²) < 4.78 is 36.1.